The van der Waals surface area contributed by atoms with E-state index in [1.54, 1.807) is 24.3 Å². The zero-order valence-corrected chi connectivity index (χ0v) is 11.0. The number of hydrogen-bond acceptors (Lipinski definition) is 2. The molecule has 2 rings (SSSR count). The predicted molar refractivity (Wildman–Crippen MR) is 72.8 cm³/mol. The molecule has 0 amide bonds. The number of hydrogen-bond donors (Lipinski definition) is 0. The molecule has 0 unspecified atom stereocenters. The Kier molecular flexibility index (Phi) is 3.68. The van der Waals surface area contributed by atoms with Crippen molar-refractivity contribution in [3.05, 3.63) is 58.1 Å². The first-order valence-corrected chi connectivity index (χ1v) is 5.98. The summed E-state index contributed by atoms with van der Waals surface area (Å²) < 4.78 is 5.82. The molecule has 3 heteroatoms. The van der Waals surface area contributed by atoms with Crippen LogP contribution in [-0.2, 0) is 0 Å². The van der Waals surface area contributed by atoms with Gasteiger partial charge in [0.05, 0.1) is 0 Å². The highest BCUT2D eigenvalue weighted by molar-refractivity contribution is 6.30. The van der Waals surface area contributed by atoms with Gasteiger partial charge in [-0.25, -0.2) is 0 Å². The van der Waals surface area contributed by atoms with Gasteiger partial charge in [-0.1, -0.05) is 17.7 Å². The van der Waals surface area contributed by atoms with Gasteiger partial charge in [0.25, 0.3) is 0 Å². The lowest BCUT2D eigenvalue weighted by Gasteiger charge is -2.11. The van der Waals surface area contributed by atoms with Crippen molar-refractivity contribution in [2.75, 3.05) is 0 Å². The second-order valence-electron chi connectivity index (χ2n) is 4.15. The summed E-state index contributed by atoms with van der Waals surface area (Å²) >= 11 is 5.94. The van der Waals surface area contributed by atoms with Gasteiger partial charge in [0.1, 0.15) is 17.8 Å². The summed E-state index contributed by atoms with van der Waals surface area (Å²) in [6.45, 7) is 3.86. The first-order chi connectivity index (χ1) is 8.60. The van der Waals surface area contributed by atoms with E-state index in [1.165, 1.54) is 0 Å². The minimum absolute atomic E-state index is 0.637. The molecule has 18 heavy (non-hydrogen) atoms. The monoisotopic (exact) mass is 260 g/mol. The predicted octanol–water partition coefficient (Wildman–Crippen LogP) is 4.56. The summed E-state index contributed by atoms with van der Waals surface area (Å²) in [5.41, 5.74) is 2.57. The maximum Gasteiger partial charge on any atom is 0.150 e. The van der Waals surface area contributed by atoms with Crippen molar-refractivity contribution in [1.29, 1.82) is 0 Å². The Morgan fingerprint density at radius 2 is 1.78 bits per heavy atom. The molecule has 0 saturated carbocycles. The number of rotatable bonds is 3. The summed E-state index contributed by atoms with van der Waals surface area (Å²) in [5, 5.41) is 0.637. The minimum Gasteiger partial charge on any atom is -0.457 e. The number of aldehydes is 1. The second-order valence-corrected chi connectivity index (χ2v) is 4.59. The number of benzene rings is 2. The molecule has 0 fully saturated rings. The summed E-state index contributed by atoms with van der Waals surface area (Å²) in [6, 6.07) is 10.8. The molecule has 0 aromatic heterocycles. The first-order valence-electron chi connectivity index (χ1n) is 5.60. The molecule has 0 aliphatic heterocycles. The van der Waals surface area contributed by atoms with Gasteiger partial charge in [0.2, 0.25) is 0 Å². The van der Waals surface area contributed by atoms with Gasteiger partial charge in [-0.05, 0) is 55.3 Å². The van der Waals surface area contributed by atoms with Crippen molar-refractivity contribution in [3.8, 4) is 11.5 Å². The van der Waals surface area contributed by atoms with Gasteiger partial charge in [0.15, 0.2) is 0 Å². The fourth-order valence-corrected chi connectivity index (χ4v) is 1.82. The molecule has 0 N–H and O–H groups in total. The standard InChI is InChI=1S/C15H13ClO2/c1-10-3-5-13(16)8-15(10)18-14-6-4-12(9-17)7-11(14)2/h3-9H,1-2H3. The Labute approximate surface area is 111 Å². The molecule has 0 aliphatic carbocycles. The van der Waals surface area contributed by atoms with Gasteiger partial charge >= 0.3 is 0 Å². The van der Waals surface area contributed by atoms with Crippen molar-refractivity contribution in [2.24, 2.45) is 0 Å². The van der Waals surface area contributed by atoms with E-state index in [0.29, 0.717) is 10.6 Å². The quantitative estimate of drug-likeness (QED) is 0.756. The van der Waals surface area contributed by atoms with Crippen molar-refractivity contribution < 1.29 is 9.53 Å². The summed E-state index contributed by atoms with van der Waals surface area (Å²) in [7, 11) is 0. The SMILES string of the molecule is Cc1cc(C=O)ccc1Oc1cc(Cl)ccc1C. The van der Waals surface area contributed by atoms with E-state index in [1.807, 2.05) is 26.0 Å². The van der Waals surface area contributed by atoms with E-state index in [-0.39, 0.29) is 0 Å². The Hall–Kier alpha value is -1.80. The highest BCUT2D eigenvalue weighted by Crippen LogP contribution is 2.30. The summed E-state index contributed by atoms with van der Waals surface area (Å²) in [4.78, 5) is 10.7. The van der Waals surface area contributed by atoms with Crippen LogP contribution < -0.4 is 4.74 Å². The van der Waals surface area contributed by atoms with Gasteiger partial charge in [-0.15, -0.1) is 0 Å². The molecule has 0 saturated heterocycles. The van der Waals surface area contributed by atoms with Crippen LogP contribution in [0.4, 0.5) is 0 Å². The number of carbonyl (C=O) groups excluding carboxylic acids is 1. The number of halogens is 1. The lowest BCUT2D eigenvalue weighted by molar-refractivity contribution is 0.112. The van der Waals surface area contributed by atoms with Crippen LogP contribution in [0.1, 0.15) is 21.5 Å². The van der Waals surface area contributed by atoms with E-state index in [9.17, 15) is 4.79 Å². The third kappa shape index (κ3) is 2.71. The Morgan fingerprint density at radius 3 is 2.44 bits per heavy atom. The smallest absolute Gasteiger partial charge is 0.150 e. The molecule has 2 aromatic carbocycles. The van der Waals surface area contributed by atoms with E-state index in [0.717, 1.165) is 28.9 Å². The lowest BCUT2D eigenvalue weighted by Crippen LogP contribution is -1.91. The zero-order valence-electron chi connectivity index (χ0n) is 10.2. The highest BCUT2D eigenvalue weighted by atomic mass is 35.5. The number of ether oxygens (including phenoxy) is 1. The van der Waals surface area contributed by atoms with Crippen LogP contribution in [0.25, 0.3) is 0 Å². The third-order valence-corrected chi connectivity index (χ3v) is 2.94. The number of carbonyl (C=O) groups is 1. The maximum absolute atomic E-state index is 10.7. The molecule has 92 valence electrons. The normalized spacial score (nSPS) is 10.2. The molecule has 0 bridgehead atoms. The summed E-state index contributed by atoms with van der Waals surface area (Å²) in [6.07, 6.45) is 0.821. The molecule has 0 radical (unpaired) electrons. The van der Waals surface area contributed by atoms with Crippen LogP contribution in [0.5, 0.6) is 11.5 Å². The van der Waals surface area contributed by atoms with Gasteiger partial charge < -0.3 is 4.74 Å². The van der Waals surface area contributed by atoms with Crippen LogP contribution in [-0.4, -0.2) is 6.29 Å². The molecule has 0 heterocycles. The van der Waals surface area contributed by atoms with Crippen molar-refractivity contribution >= 4 is 17.9 Å². The van der Waals surface area contributed by atoms with Crippen molar-refractivity contribution in [2.45, 2.75) is 13.8 Å². The van der Waals surface area contributed by atoms with Crippen molar-refractivity contribution in [1.82, 2.24) is 0 Å². The molecule has 0 aliphatic rings. The van der Waals surface area contributed by atoms with E-state index in [4.69, 9.17) is 16.3 Å². The zero-order chi connectivity index (χ0) is 13.1. The average molecular weight is 261 g/mol. The van der Waals surface area contributed by atoms with E-state index < -0.39 is 0 Å². The molecule has 0 atom stereocenters. The highest BCUT2D eigenvalue weighted by Gasteiger charge is 2.05. The third-order valence-electron chi connectivity index (χ3n) is 2.71. The Morgan fingerprint density at radius 1 is 1.00 bits per heavy atom. The first kappa shape index (κ1) is 12.7. The van der Waals surface area contributed by atoms with Gasteiger partial charge in [-0.2, -0.15) is 0 Å². The van der Waals surface area contributed by atoms with Gasteiger partial charge in [0, 0.05) is 10.6 Å². The summed E-state index contributed by atoms with van der Waals surface area (Å²) in [5.74, 6) is 1.45. The molecule has 2 aromatic rings. The number of aryl methyl sites for hydroxylation is 2. The maximum atomic E-state index is 10.7. The average Bonchev–Trinajstić information content (AvgIpc) is 2.36. The van der Waals surface area contributed by atoms with E-state index in [2.05, 4.69) is 0 Å². The van der Waals surface area contributed by atoms with Crippen LogP contribution in [0.3, 0.4) is 0 Å². The topological polar surface area (TPSA) is 26.3 Å². The van der Waals surface area contributed by atoms with Crippen LogP contribution in [0, 0.1) is 13.8 Å². The van der Waals surface area contributed by atoms with Crippen LogP contribution >= 0.6 is 11.6 Å². The molecule has 2 nitrogen and oxygen atoms in total. The Balaban J connectivity index is 2.34. The molecular formula is C15H13ClO2. The minimum atomic E-state index is 0.637. The fourth-order valence-electron chi connectivity index (χ4n) is 1.66. The molecular weight excluding hydrogens is 248 g/mol. The second kappa shape index (κ2) is 5.23. The Bertz CT molecular complexity index is 591. The van der Waals surface area contributed by atoms with Gasteiger partial charge in [-0.3, -0.25) is 4.79 Å². The molecule has 0 spiro atoms. The largest absolute Gasteiger partial charge is 0.457 e. The lowest BCUT2D eigenvalue weighted by atomic mass is 10.1. The fraction of sp³-hybridized carbons (Fsp3) is 0.133. The van der Waals surface area contributed by atoms with Crippen LogP contribution in [0.2, 0.25) is 5.02 Å². The van der Waals surface area contributed by atoms with Crippen LogP contribution in [0.15, 0.2) is 36.4 Å². The van der Waals surface area contributed by atoms with Crippen molar-refractivity contribution in [3.63, 3.8) is 0 Å². The van der Waals surface area contributed by atoms with E-state index >= 15 is 0 Å².